The Bertz CT molecular complexity index is 654. The molecule has 0 radical (unpaired) electrons. The van der Waals surface area contributed by atoms with E-state index in [-0.39, 0.29) is 23.4 Å². The average Bonchev–Trinajstić information content (AvgIpc) is 2.89. The molecule has 0 saturated carbocycles. The van der Waals surface area contributed by atoms with Gasteiger partial charge in [-0.1, -0.05) is 26.0 Å². The molecule has 0 aliphatic rings. The minimum atomic E-state index is -0.891. The Morgan fingerprint density at radius 2 is 2.14 bits per heavy atom. The fourth-order valence-corrected chi connectivity index (χ4v) is 2.91. The van der Waals surface area contributed by atoms with Crippen molar-refractivity contribution in [3.63, 3.8) is 0 Å². The molecule has 1 heterocycles. The first-order valence-electron chi connectivity index (χ1n) is 6.92. The number of carboxylic acids is 1. The highest BCUT2D eigenvalue weighted by Gasteiger charge is 2.25. The molecule has 0 aliphatic heterocycles. The van der Waals surface area contributed by atoms with E-state index in [2.05, 4.69) is 4.98 Å². The summed E-state index contributed by atoms with van der Waals surface area (Å²) in [6, 6.07) is 6.30. The lowest BCUT2D eigenvalue weighted by atomic mass is 9.90. The van der Waals surface area contributed by atoms with Crippen LogP contribution < -0.4 is 4.74 Å². The van der Waals surface area contributed by atoms with Crippen molar-refractivity contribution in [3.8, 4) is 5.75 Å². The lowest BCUT2D eigenvalue weighted by molar-refractivity contribution is -0.136. The molecule has 0 saturated heterocycles. The molecule has 0 amide bonds. The predicted octanol–water partition coefficient (Wildman–Crippen LogP) is 3.66. The largest absolute Gasteiger partial charge is 0.490 e. The first kappa shape index (κ1) is 16.4. The molecule has 0 aliphatic carbocycles. The van der Waals surface area contributed by atoms with Crippen LogP contribution in [0.5, 0.6) is 5.75 Å². The lowest BCUT2D eigenvalue weighted by Gasteiger charge is -2.22. The van der Waals surface area contributed by atoms with Gasteiger partial charge >= 0.3 is 5.97 Å². The predicted molar refractivity (Wildman–Crippen MR) is 83.0 cm³/mol. The van der Waals surface area contributed by atoms with Crippen molar-refractivity contribution in [1.29, 1.82) is 0 Å². The third-order valence-corrected chi connectivity index (χ3v) is 4.54. The zero-order valence-corrected chi connectivity index (χ0v) is 13.3. The van der Waals surface area contributed by atoms with Gasteiger partial charge in [-0.2, -0.15) is 0 Å². The molecule has 0 spiro atoms. The van der Waals surface area contributed by atoms with Crippen molar-refractivity contribution in [2.45, 2.75) is 32.1 Å². The maximum absolute atomic E-state index is 13.5. The standard InChI is InChI=1S/C16H18FNO3S/c1-16(2,15-18-11(10-22-15)9-14(19)20)7-8-21-13-6-4-3-5-12(13)17/h3-6,10H,7-9H2,1-2H3,(H,19,20). The summed E-state index contributed by atoms with van der Waals surface area (Å²) in [4.78, 5) is 15.1. The van der Waals surface area contributed by atoms with Crippen LogP contribution in [0.15, 0.2) is 29.6 Å². The molecule has 22 heavy (non-hydrogen) atoms. The summed E-state index contributed by atoms with van der Waals surface area (Å²) in [7, 11) is 0. The van der Waals surface area contributed by atoms with Crippen LogP contribution in [-0.4, -0.2) is 22.7 Å². The number of halogens is 1. The summed E-state index contributed by atoms with van der Waals surface area (Å²) in [5.41, 5.74) is 0.308. The summed E-state index contributed by atoms with van der Waals surface area (Å²) in [5, 5.41) is 11.4. The molecule has 0 unspecified atom stereocenters. The quantitative estimate of drug-likeness (QED) is 0.845. The van der Waals surface area contributed by atoms with Gasteiger partial charge in [-0.15, -0.1) is 11.3 Å². The molecule has 0 atom stereocenters. The normalized spacial score (nSPS) is 11.4. The number of rotatable bonds is 7. The van der Waals surface area contributed by atoms with Gasteiger partial charge in [0.05, 0.1) is 23.7 Å². The minimum absolute atomic E-state index is 0.0711. The van der Waals surface area contributed by atoms with Crippen molar-refractivity contribution in [2.75, 3.05) is 6.61 Å². The first-order chi connectivity index (χ1) is 10.4. The zero-order valence-electron chi connectivity index (χ0n) is 12.5. The van der Waals surface area contributed by atoms with Crippen molar-refractivity contribution in [1.82, 2.24) is 4.98 Å². The maximum Gasteiger partial charge on any atom is 0.309 e. The van der Waals surface area contributed by atoms with E-state index in [4.69, 9.17) is 9.84 Å². The Morgan fingerprint density at radius 1 is 1.41 bits per heavy atom. The number of nitrogens with zero attached hydrogens (tertiary/aromatic N) is 1. The summed E-state index contributed by atoms with van der Waals surface area (Å²) >= 11 is 1.44. The summed E-state index contributed by atoms with van der Waals surface area (Å²) in [6.07, 6.45) is 0.583. The number of carboxylic acid groups (broad SMARTS) is 1. The van der Waals surface area contributed by atoms with Crippen molar-refractivity contribution in [3.05, 3.63) is 46.2 Å². The van der Waals surface area contributed by atoms with Crippen LogP contribution in [-0.2, 0) is 16.6 Å². The van der Waals surface area contributed by atoms with E-state index >= 15 is 0 Å². The minimum Gasteiger partial charge on any atom is -0.490 e. The van der Waals surface area contributed by atoms with Crippen molar-refractivity contribution >= 4 is 17.3 Å². The van der Waals surface area contributed by atoms with Crippen LogP contribution in [0.3, 0.4) is 0 Å². The highest BCUT2D eigenvalue weighted by atomic mass is 32.1. The molecule has 1 aromatic heterocycles. The second-order valence-electron chi connectivity index (χ2n) is 5.63. The molecular weight excluding hydrogens is 305 g/mol. The van der Waals surface area contributed by atoms with Gasteiger partial charge in [0.15, 0.2) is 11.6 Å². The lowest BCUT2D eigenvalue weighted by Crippen LogP contribution is -2.21. The number of hydrogen-bond donors (Lipinski definition) is 1. The van der Waals surface area contributed by atoms with Gasteiger partial charge in [-0.05, 0) is 18.6 Å². The fourth-order valence-electron chi connectivity index (χ4n) is 1.94. The number of para-hydroxylation sites is 1. The number of benzene rings is 1. The number of thiazole rings is 1. The molecule has 0 bridgehead atoms. The van der Waals surface area contributed by atoms with E-state index in [0.29, 0.717) is 18.7 Å². The Labute approximate surface area is 132 Å². The number of aromatic nitrogens is 1. The van der Waals surface area contributed by atoms with E-state index in [1.165, 1.54) is 17.4 Å². The summed E-state index contributed by atoms with van der Waals surface area (Å²) in [5.74, 6) is -1.03. The van der Waals surface area contributed by atoms with Gasteiger partial charge in [0.1, 0.15) is 0 Å². The Balaban J connectivity index is 1.94. The fraction of sp³-hybridized carbons (Fsp3) is 0.375. The Hall–Kier alpha value is -1.95. The zero-order chi connectivity index (χ0) is 16.2. The first-order valence-corrected chi connectivity index (χ1v) is 7.80. The van der Waals surface area contributed by atoms with Gasteiger partial charge in [0.25, 0.3) is 0 Å². The van der Waals surface area contributed by atoms with Gasteiger partial charge in [-0.3, -0.25) is 4.79 Å². The average molecular weight is 323 g/mol. The highest BCUT2D eigenvalue weighted by molar-refractivity contribution is 7.09. The highest BCUT2D eigenvalue weighted by Crippen LogP contribution is 2.30. The molecular formula is C16H18FNO3S. The molecule has 1 aromatic carbocycles. The molecule has 4 nitrogen and oxygen atoms in total. The van der Waals surface area contributed by atoms with Crippen LogP contribution in [0.2, 0.25) is 0 Å². The Morgan fingerprint density at radius 3 is 2.82 bits per heavy atom. The van der Waals surface area contributed by atoms with E-state index in [9.17, 15) is 9.18 Å². The molecule has 1 N–H and O–H groups in total. The third-order valence-electron chi connectivity index (χ3n) is 3.28. The van der Waals surface area contributed by atoms with E-state index in [0.717, 1.165) is 5.01 Å². The van der Waals surface area contributed by atoms with E-state index in [1.807, 2.05) is 13.8 Å². The van der Waals surface area contributed by atoms with Crippen LogP contribution in [0.1, 0.15) is 31.0 Å². The Kier molecular flexibility index (Phi) is 5.13. The smallest absolute Gasteiger partial charge is 0.309 e. The molecule has 2 aromatic rings. The summed E-state index contributed by atoms with van der Waals surface area (Å²) < 4.78 is 18.9. The number of carbonyl (C=O) groups is 1. The maximum atomic E-state index is 13.5. The van der Waals surface area contributed by atoms with E-state index in [1.54, 1.807) is 23.6 Å². The van der Waals surface area contributed by atoms with Gasteiger partial charge < -0.3 is 9.84 Å². The molecule has 0 fully saturated rings. The second-order valence-corrected chi connectivity index (χ2v) is 6.49. The van der Waals surface area contributed by atoms with Crippen LogP contribution in [0.25, 0.3) is 0 Å². The van der Waals surface area contributed by atoms with Crippen LogP contribution in [0, 0.1) is 5.82 Å². The molecule has 2 rings (SSSR count). The number of ether oxygens (including phenoxy) is 1. The number of aliphatic carboxylic acids is 1. The topological polar surface area (TPSA) is 59.4 Å². The molecule has 6 heteroatoms. The van der Waals surface area contributed by atoms with E-state index < -0.39 is 5.97 Å². The van der Waals surface area contributed by atoms with Crippen molar-refractivity contribution < 1.29 is 19.0 Å². The molecule has 118 valence electrons. The van der Waals surface area contributed by atoms with Crippen LogP contribution >= 0.6 is 11.3 Å². The summed E-state index contributed by atoms with van der Waals surface area (Å²) in [6.45, 7) is 4.39. The second kappa shape index (κ2) is 6.87. The van der Waals surface area contributed by atoms with Gasteiger partial charge in [0.2, 0.25) is 0 Å². The third kappa shape index (κ3) is 4.27. The SMILES string of the molecule is CC(C)(CCOc1ccccc1F)c1nc(CC(=O)O)cs1. The van der Waals surface area contributed by atoms with Gasteiger partial charge in [0, 0.05) is 10.8 Å². The van der Waals surface area contributed by atoms with Gasteiger partial charge in [-0.25, -0.2) is 9.37 Å². The monoisotopic (exact) mass is 323 g/mol. The van der Waals surface area contributed by atoms with Crippen molar-refractivity contribution in [2.24, 2.45) is 0 Å². The number of hydrogen-bond acceptors (Lipinski definition) is 4. The van der Waals surface area contributed by atoms with Crippen LogP contribution in [0.4, 0.5) is 4.39 Å².